The van der Waals surface area contributed by atoms with E-state index in [-0.39, 0.29) is 36.6 Å². The van der Waals surface area contributed by atoms with Gasteiger partial charge in [0.25, 0.3) is 0 Å². The molecule has 9 heteroatoms. The molecule has 0 aromatic heterocycles. The Hall–Kier alpha value is -2.78. The predicted molar refractivity (Wildman–Crippen MR) is 142 cm³/mol. The molecule has 37 heavy (non-hydrogen) atoms. The van der Waals surface area contributed by atoms with Crippen LogP contribution in [-0.4, -0.2) is 79.5 Å². The fraction of sp³-hybridized carbons (Fsp3) is 0.643. The van der Waals surface area contributed by atoms with Gasteiger partial charge in [0.1, 0.15) is 0 Å². The number of unbranched alkanes of at least 4 members (excludes halogenated alkanes) is 1. The van der Waals surface area contributed by atoms with Crippen LogP contribution in [0, 0.1) is 11.3 Å². The van der Waals surface area contributed by atoms with Gasteiger partial charge in [0.15, 0.2) is 11.5 Å². The van der Waals surface area contributed by atoms with Crippen LogP contribution in [0.25, 0.3) is 0 Å². The fourth-order valence-electron chi connectivity index (χ4n) is 5.65. The minimum Gasteiger partial charge on any atom is -0.493 e. The highest BCUT2D eigenvalue weighted by Crippen LogP contribution is 2.48. The van der Waals surface area contributed by atoms with Gasteiger partial charge >= 0.3 is 5.97 Å². The summed E-state index contributed by atoms with van der Waals surface area (Å²) in [5.74, 6) is -0.346. The standard InChI is InChI=1S/C28H43N3O6/c1-6-8-11-30(12-10-29)24(32)17-31-16-20(19-13-22(35-5)26-23(14-19)36-18-37-26)25(27(33)34)21(31)15-28(3,4)9-7-2/h7,9,13-14,20-21,25H,6,8,10-12,15-18,29H2,1-5H3,(H,33,34)/b9-7+/t20-,21+,25-/m1/s1. The summed E-state index contributed by atoms with van der Waals surface area (Å²) in [4.78, 5) is 30.1. The van der Waals surface area contributed by atoms with Crippen LogP contribution >= 0.6 is 0 Å². The van der Waals surface area contributed by atoms with E-state index in [1.165, 1.54) is 0 Å². The van der Waals surface area contributed by atoms with Crippen molar-refractivity contribution in [1.29, 1.82) is 0 Å². The first-order valence-electron chi connectivity index (χ1n) is 13.2. The monoisotopic (exact) mass is 517 g/mol. The highest BCUT2D eigenvalue weighted by molar-refractivity contribution is 5.79. The SMILES string of the molecule is C/C=C/C(C)(C)C[C@H]1[C@H](C(=O)O)[C@@H](c2cc(OC)c3c(c2)OCO3)CN1CC(=O)N(CCN)CCCC. The number of aliphatic carboxylic acids is 1. The van der Waals surface area contributed by atoms with E-state index in [2.05, 4.69) is 31.7 Å². The summed E-state index contributed by atoms with van der Waals surface area (Å²) in [6.07, 6.45) is 6.58. The fourth-order valence-corrected chi connectivity index (χ4v) is 5.65. The Morgan fingerprint density at radius 2 is 2.05 bits per heavy atom. The molecule has 1 amide bonds. The van der Waals surface area contributed by atoms with Crippen molar-refractivity contribution in [2.75, 3.05) is 46.6 Å². The molecule has 2 aliphatic rings. The van der Waals surface area contributed by atoms with Gasteiger partial charge in [-0.15, -0.1) is 0 Å². The van der Waals surface area contributed by atoms with Crippen LogP contribution in [0.15, 0.2) is 24.3 Å². The summed E-state index contributed by atoms with van der Waals surface area (Å²) in [6.45, 7) is 10.5. The van der Waals surface area contributed by atoms with Gasteiger partial charge in [-0.2, -0.15) is 0 Å². The minimum atomic E-state index is -0.873. The quantitative estimate of drug-likeness (QED) is 0.382. The van der Waals surface area contributed by atoms with Crippen LogP contribution in [0.3, 0.4) is 0 Å². The van der Waals surface area contributed by atoms with E-state index >= 15 is 0 Å². The number of nitrogens with two attached hydrogens (primary N) is 1. The smallest absolute Gasteiger partial charge is 0.308 e. The second kappa shape index (κ2) is 12.6. The third kappa shape index (κ3) is 6.76. The van der Waals surface area contributed by atoms with Crippen molar-refractivity contribution in [3.05, 3.63) is 29.8 Å². The third-order valence-electron chi connectivity index (χ3n) is 7.37. The molecule has 3 atom stereocenters. The number of carboxylic acids is 1. The van der Waals surface area contributed by atoms with Crippen LogP contribution in [0.5, 0.6) is 17.2 Å². The third-order valence-corrected chi connectivity index (χ3v) is 7.37. The molecule has 1 fully saturated rings. The molecule has 3 N–H and O–H groups in total. The lowest BCUT2D eigenvalue weighted by molar-refractivity contribution is -0.144. The zero-order chi connectivity index (χ0) is 27.2. The average Bonchev–Trinajstić information content (AvgIpc) is 3.45. The first-order chi connectivity index (χ1) is 17.6. The normalized spacial score (nSPS) is 21.5. The Bertz CT molecular complexity index is 979. The van der Waals surface area contributed by atoms with E-state index in [4.69, 9.17) is 19.9 Å². The molecule has 0 unspecified atom stereocenters. The topological polar surface area (TPSA) is 115 Å². The van der Waals surface area contributed by atoms with Crippen molar-refractivity contribution < 1.29 is 28.9 Å². The molecule has 0 bridgehead atoms. The van der Waals surface area contributed by atoms with E-state index in [0.29, 0.717) is 49.8 Å². The molecule has 9 nitrogen and oxygen atoms in total. The average molecular weight is 518 g/mol. The van der Waals surface area contributed by atoms with Gasteiger partial charge in [-0.1, -0.05) is 39.3 Å². The molecule has 0 radical (unpaired) electrons. The van der Waals surface area contributed by atoms with Crippen molar-refractivity contribution >= 4 is 11.9 Å². The lowest BCUT2D eigenvalue weighted by Crippen LogP contribution is -2.46. The van der Waals surface area contributed by atoms with Crippen molar-refractivity contribution in [1.82, 2.24) is 9.80 Å². The van der Waals surface area contributed by atoms with Crippen molar-refractivity contribution in [3.8, 4) is 17.2 Å². The Kier molecular flexibility index (Phi) is 9.84. The van der Waals surface area contributed by atoms with Crippen LogP contribution in [0.2, 0.25) is 0 Å². The number of rotatable bonds is 13. The van der Waals surface area contributed by atoms with Crippen molar-refractivity contribution in [2.24, 2.45) is 17.1 Å². The molecular formula is C28H43N3O6. The maximum absolute atomic E-state index is 13.4. The molecular weight excluding hydrogens is 474 g/mol. The van der Waals surface area contributed by atoms with Gasteiger partial charge in [-0.3, -0.25) is 14.5 Å². The molecule has 2 heterocycles. The Labute approximate surface area is 220 Å². The number of carbonyl (C=O) groups is 2. The second-order valence-corrected chi connectivity index (χ2v) is 10.6. The van der Waals surface area contributed by atoms with E-state index in [0.717, 1.165) is 18.4 Å². The van der Waals surface area contributed by atoms with Crippen molar-refractivity contribution in [2.45, 2.75) is 58.9 Å². The summed E-state index contributed by atoms with van der Waals surface area (Å²) >= 11 is 0. The second-order valence-electron chi connectivity index (χ2n) is 10.6. The van der Waals surface area contributed by atoms with Gasteiger partial charge < -0.3 is 30.0 Å². The summed E-state index contributed by atoms with van der Waals surface area (Å²) in [6, 6.07) is 3.36. The predicted octanol–water partition coefficient (Wildman–Crippen LogP) is 3.47. The summed E-state index contributed by atoms with van der Waals surface area (Å²) in [7, 11) is 1.56. The first-order valence-corrected chi connectivity index (χ1v) is 13.2. The van der Waals surface area contributed by atoms with Gasteiger partial charge in [0.2, 0.25) is 18.4 Å². The van der Waals surface area contributed by atoms with Crippen LogP contribution < -0.4 is 19.9 Å². The molecule has 0 spiro atoms. The summed E-state index contributed by atoms with van der Waals surface area (Å²) in [5, 5.41) is 10.5. The van der Waals surface area contributed by atoms with Crippen molar-refractivity contribution in [3.63, 3.8) is 0 Å². The van der Waals surface area contributed by atoms with Crippen LogP contribution in [0.1, 0.15) is 58.4 Å². The molecule has 206 valence electrons. The molecule has 0 saturated carbocycles. The number of nitrogens with zero attached hydrogens (tertiary/aromatic N) is 2. The maximum Gasteiger partial charge on any atom is 0.308 e. The Morgan fingerprint density at radius 1 is 1.30 bits per heavy atom. The summed E-state index contributed by atoms with van der Waals surface area (Å²) in [5.41, 5.74) is 6.36. The zero-order valence-corrected chi connectivity index (χ0v) is 22.9. The minimum absolute atomic E-state index is 0.0132. The highest BCUT2D eigenvalue weighted by atomic mass is 16.7. The van der Waals surface area contributed by atoms with E-state index in [1.807, 2.05) is 30.0 Å². The molecule has 3 rings (SSSR count). The number of methoxy groups -OCH3 is 1. The number of ether oxygens (including phenoxy) is 3. The van der Waals surface area contributed by atoms with Crippen LogP contribution in [-0.2, 0) is 9.59 Å². The molecule has 2 aliphatic heterocycles. The van der Waals surface area contributed by atoms with Gasteiger partial charge in [0, 0.05) is 38.1 Å². The van der Waals surface area contributed by atoms with Crippen LogP contribution in [0.4, 0.5) is 0 Å². The lowest BCUT2D eigenvalue weighted by Gasteiger charge is -2.34. The zero-order valence-electron chi connectivity index (χ0n) is 22.9. The highest BCUT2D eigenvalue weighted by Gasteiger charge is 2.49. The number of benzene rings is 1. The largest absolute Gasteiger partial charge is 0.493 e. The number of hydrogen-bond donors (Lipinski definition) is 2. The van der Waals surface area contributed by atoms with E-state index in [1.54, 1.807) is 7.11 Å². The molecule has 0 aliphatic carbocycles. The first kappa shape index (κ1) is 28.8. The molecule has 1 aromatic rings. The Balaban J connectivity index is 1.98. The number of likely N-dealkylation sites (tertiary alicyclic amines) is 1. The number of carbonyl (C=O) groups excluding carboxylic acids is 1. The van der Waals surface area contributed by atoms with E-state index < -0.39 is 11.9 Å². The van der Waals surface area contributed by atoms with Gasteiger partial charge in [0.05, 0.1) is 19.6 Å². The number of carboxylic acid groups (broad SMARTS) is 1. The van der Waals surface area contributed by atoms with Gasteiger partial charge in [-0.05, 0) is 42.9 Å². The number of hydrogen-bond acceptors (Lipinski definition) is 7. The molecule has 1 aromatic carbocycles. The maximum atomic E-state index is 13.4. The molecule has 1 saturated heterocycles. The summed E-state index contributed by atoms with van der Waals surface area (Å²) < 4.78 is 16.7. The number of allylic oxidation sites excluding steroid dienone is 2. The lowest BCUT2D eigenvalue weighted by atomic mass is 9.77. The number of amides is 1. The van der Waals surface area contributed by atoms with E-state index in [9.17, 15) is 14.7 Å². The Morgan fingerprint density at radius 3 is 2.68 bits per heavy atom. The number of fused-ring (bicyclic) bond motifs is 1. The van der Waals surface area contributed by atoms with Gasteiger partial charge in [-0.25, -0.2) is 0 Å².